The zero-order valence-corrected chi connectivity index (χ0v) is 12.7. The Morgan fingerprint density at radius 2 is 1.90 bits per heavy atom. The highest BCUT2D eigenvalue weighted by atomic mass is 32.1. The summed E-state index contributed by atoms with van der Waals surface area (Å²) in [7, 11) is 0. The van der Waals surface area contributed by atoms with E-state index in [1.807, 2.05) is 29.6 Å². The lowest BCUT2D eigenvalue weighted by atomic mass is 9.91. The minimum atomic E-state index is -0.684. The summed E-state index contributed by atoms with van der Waals surface area (Å²) in [5.74, 6) is -0.115. The van der Waals surface area contributed by atoms with Crippen molar-refractivity contribution in [2.75, 3.05) is 0 Å². The van der Waals surface area contributed by atoms with Gasteiger partial charge in [0, 0.05) is 15.5 Å². The largest absolute Gasteiger partial charge is 0.334 e. The van der Waals surface area contributed by atoms with E-state index in [1.54, 1.807) is 11.3 Å². The minimum Gasteiger partial charge on any atom is -0.334 e. The van der Waals surface area contributed by atoms with Crippen LogP contribution in [-0.2, 0) is 0 Å². The van der Waals surface area contributed by atoms with Crippen molar-refractivity contribution in [1.82, 2.24) is 5.32 Å². The molecular weight excluding hydrogens is 280 g/mol. The number of hydrogen-bond acceptors (Lipinski definition) is 3. The summed E-state index contributed by atoms with van der Waals surface area (Å²) in [6, 6.07) is 10.3. The second-order valence-electron chi connectivity index (χ2n) is 5.71. The van der Waals surface area contributed by atoms with E-state index in [0.29, 0.717) is 5.56 Å². The Balaban J connectivity index is 1.86. The average molecular weight is 298 g/mol. The smallest absolute Gasteiger partial charge is 0.254 e. The van der Waals surface area contributed by atoms with E-state index < -0.39 is 5.54 Å². The molecule has 0 radical (unpaired) electrons. The average Bonchev–Trinajstić information content (AvgIpc) is 2.81. The van der Waals surface area contributed by atoms with Crippen LogP contribution in [0, 0.1) is 11.3 Å². The van der Waals surface area contributed by atoms with E-state index in [0.717, 1.165) is 48.6 Å². The van der Waals surface area contributed by atoms with Gasteiger partial charge in [-0.2, -0.15) is 5.26 Å². The van der Waals surface area contributed by atoms with Crippen LogP contribution < -0.4 is 5.32 Å². The molecule has 0 bridgehead atoms. The fraction of sp³-hybridized carbons (Fsp3) is 0.412. The van der Waals surface area contributed by atoms with Crippen LogP contribution in [0.2, 0.25) is 0 Å². The number of rotatable bonds is 2. The Morgan fingerprint density at radius 1 is 1.19 bits per heavy atom. The maximum absolute atomic E-state index is 12.6. The summed E-state index contributed by atoms with van der Waals surface area (Å²) in [6.07, 6.45) is 5.85. The number of hydrogen-bond donors (Lipinski definition) is 1. The molecule has 1 fully saturated rings. The molecule has 3 nitrogen and oxygen atoms in total. The fourth-order valence-corrected chi connectivity index (χ4v) is 3.98. The van der Waals surface area contributed by atoms with Gasteiger partial charge in [-0.3, -0.25) is 4.79 Å². The molecule has 1 saturated carbocycles. The standard InChI is InChI=1S/C17H18N2OS/c18-12-17(9-5-1-2-6-10-17)19-16(20)14-11-21-15-8-4-3-7-13(14)15/h3-4,7-8,11H,1-2,5-6,9-10H2,(H,19,20). The summed E-state index contributed by atoms with van der Waals surface area (Å²) < 4.78 is 1.11. The quantitative estimate of drug-likeness (QED) is 0.843. The predicted octanol–water partition coefficient (Wildman–Crippen LogP) is 4.25. The van der Waals surface area contributed by atoms with Crippen LogP contribution in [-0.4, -0.2) is 11.4 Å². The Hall–Kier alpha value is -1.86. The van der Waals surface area contributed by atoms with Crippen LogP contribution >= 0.6 is 11.3 Å². The molecule has 3 rings (SSSR count). The first-order valence-electron chi connectivity index (χ1n) is 7.44. The monoisotopic (exact) mass is 298 g/mol. The van der Waals surface area contributed by atoms with Crippen LogP contribution in [0.1, 0.15) is 48.9 Å². The lowest BCUT2D eigenvalue weighted by molar-refractivity contribution is 0.0915. The molecule has 0 spiro atoms. The summed E-state index contributed by atoms with van der Waals surface area (Å²) >= 11 is 1.57. The third-order valence-electron chi connectivity index (χ3n) is 4.25. The van der Waals surface area contributed by atoms with E-state index in [9.17, 15) is 10.1 Å². The number of nitrogens with one attached hydrogen (secondary N) is 1. The van der Waals surface area contributed by atoms with E-state index in [4.69, 9.17) is 0 Å². The van der Waals surface area contributed by atoms with Crippen molar-refractivity contribution < 1.29 is 4.79 Å². The lowest BCUT2D eigenvalue weighted by Gasteiger charge is -2.26. The van der Waals surface area contributed by atoms with Crippen molar-refractivity contribution in [2.45, 2.75) is 44.1 Å². The van der Waals surface area contributed by atoms with Crippen molar-refractivity contribution >= 4 is 27.3 Å². The second kappa shape index (κ2) is 5.87. The number of carbonyl (C=O) groups is 1. The van der Waals surface area contributed by atoms with Gasteiger partial charge in [0.15, 0.2) is 0 Å². The molecule has 1 amide bonds. The van der Waals surface area contributed by atoms with E-state index >= 15 is 0 Å². The Labute approximate surface area is 128 Å². The van der Waals surface area contributed by atoms with Crippen LogP contribution in [0.5, 0.6) is 0 Å². The molecule has 1 aromatic heterocycles. The van der Waals surface area contributed by atoms with Crippen molar-refractivity contribution in [1.29, 1.82) is 5.26 Å². The number of fused-ring (bicyclic) bond motifs is 1. The van der Waals surface area contributed by atoms with Gasteiger partial charge < -0.3 is 5.32 Å². The van der Waals surface area contributed by atoms with Crippen molar-refractivity contribution in [3.8, 4) is 6.07 Å². The number of nitrogens with zero attached hydrogens (tertiary/aromatic N) is 1. The van der Waals surface area contributed by atoms with Crippen LogP contribution in [0.15, 0.2) is 29.6 Å². The first-order chi connectivity index (χ1) is 10.2. The SMILES string of the molecule is N#CC1(NC(=O)c2csc3ccccc23)CCCCCC1. The number of benzene rings is 1. The Bertz CT molecular complexity index is 690. The number of amides is 1. The molecule has 1 heterocycles. The molecule has 1 aromatic carbocycles. The first kappa shape index (κ1) is 14.1. The van der Waals surface area contributed by atoms with E-state index in [1.165, 1.54) is 0 Å². The maximum Gasteiger partial charge on any atom is 0.254 e. The Morgan fingerprint density at radius 3 is 2.62 bits per heavy atom. The van der Waals surface area contributed by atoms with Gasteiger partial charge in [0.05, 0.1) is 11.6 Å². The molecule has 1 N–H and O–H groups in total. The fourth-order valence-electron chi connectivity index (χ4n) is 3.04. The molecule has 1 aliphatic carbocycles. The minimum absolute atomic E-state index is 0.115. The molecule has 0 atom stereocenters. The molecule has 0 saturated heterocycles. The Kier molecular flexibility index (Phi) is 3.94. The maximum atomic E-state index is 12.6. The summed E-state index contributed by atoms with van der Waals surface area (Å²) in [5, 5.41) is 15.5. The molecule has 0 unspecified atom stereocenters. The number of nitriles is 1. The van der Waals surface area contributed by atoms with Gasteiger partial charge in [-0.1, -0.05) is 43.9 Å². The molecule has 4 heteroatoms. The van der Waals surface area contributed by atoms with Gasteiger partial charge in [-0.05, 0) is 18.9 Å². The molecule has 1 aliphatic rings. The number of thiophene rings is 1. The zero-order chi connectivity index (χ0) is 14.7. The van der Waals surface area contributed by atoms with Gasteiger partial charge in [-0.25, -0.2) is 0 Å². The zero-order valence-electron chi connectivity index (χ0n) is 11.9. The van der Waals surface area contributed by atoms with Crippen LogP contribution in [0.4, 0.5) is 0 Å². The first-order valence-corrected chi connectivity index (χ1v) is 8.32. The molecule has 108 valence electrons. The second-order valence-corrected chi connectivity index (χ2v) is 6.62. The lowest BCUT2D eigenvalue weighted by Crippen LogP contribution is -2.47. The van der Waals surface area contributed by atoms with E-state index in [2.05, 4.69) is 11.4 Å². The summed E-state index contributed by atoms with van der Waals surface area (Å²) in [5.41, 5.74) is 0.00542. The van der Waals surface area contributed by atoms with Gasteiger partial charge in [0.1, 0.15) is 5.54 Å². The molecule has 0 aliphatic heterocycles. The highest BCUT2D eigenvalue weighted by molar-refractivity contribution is 7.17. The summed E-state index contributed by atoms with van der Waals surface area (Å²) in [6.45, 7) is 0. The van der Waals surface area contributed by atoms with Crippen LogP contribution in [0.25, 0.3) is 10.1 Å². The van der Waals surface area contributed by atoms with Crippen LogP contribution in [0.3, 0.4) is 0 Å². The molecule has 2 aromatic rings. The number of carbonyl (C=O) groups excluding carboxylic acids is 1. The van der Waals surface area contributed by atoms with E-state index in [-0.39, 0.29) is 5.91 Å². The molecule has 21 heavy (non-hydrogen) atoms. The van der Waals surface area contributed by atoms with Crippen molar-refractivity contribution in [2.24, 2.45) is 0 Å². The highest BCUT2D eigenvalue weighted by Gasteiger charge is 2.33. The van der Waals surface area contributed by atoms with Gasteiger partial charge >= 0.3 is 0 Å². The highest BCUT2D eigenvalue weighted by Crippen LogP contribution is 2.29. The predicted molar refractivity (Wildman–Crippen MR) is 85.3 cm³/mol. The van der Waals surface area contributed by atoms with Gasteiger partial charge in [-0.15, -0.1) is 11.3 Å². The topological polar surface area (TPSA) is 52.9 Å². The van der Waals surface area contributed by atoms with Crippen molar-refractivity contribution in [3.05, 3.63) is 35.2 Å². The van der Waals surface area contributed by atoms with Crippen molar-refractivity contribution in [3.63, 3.8) is 0 Å². The third kappa shape index (κ3) is 2.79. The molecular formula is C17H18N2OS. The van der Waals surface area contributed by atoms with Gasteiger partial charge in [0.25, 0.3) is 5.91 Å². The summed E-state index contributed by atoms with van der Waals surface area (Å²) in [4.78, 5) is 12.6. The van der Waals surface area contributed by atoms with Gasteiger partial charge in [0.2, 0.25) is 0 Å². The third-order valence-corrected chi connectivity index (χ3v) is 5.21. The normalized spacial score (nSPS) is 17.9.